The highest BCUT2D eigenvalue weighted by Crippen LogP contribution is 2.17. The first kappa shape index (κ1) is 12.4. The van der Waals surface area contributed by atoms with Gasteiger partial charge in [0.25, 0.3) is 0 Å². The first-order chi connectivity index (χ1) is 7.71. The lowest BCUT2D eigenvalue weighted by Gasteiger charge is -2.29. The molecule has 1 heterocycles. The molecule has 0 unspecified atom stereocenters. The van der Waals surface area contributed by atoms with Gasteiger partial charge in [0.05, 0.1) is 37.3 Å². The van der Waals surface area contributed by atoms with E-state index in [4.69, 9.17) is 20.6 Å². The van der Waals surface area contributed by atoms with Crippen LogP contribution in [0.3, 0.4) is 0 Å². The highest BCUT2D eigenvalue weighted by molar-refractivity contribution is 5.57. The molecule has 0 fully saturated rings. The molecule has 0 aliphatic heterocycles. The molecule has 0 saturated carbocycles. The monoisotopic (exact) mass is 223 g/mol. The number of hydrogen-bond donors (Lipinski definition) is 4. The third kappa shape index (κ3) is 2.46. The van der Waals surface area contributed by atoms with E-state index in [0.717, 1.165) is 0 Å². The minimum atomic E-state index is -1.26. The molecule has 1 aromatic heterocycles. The van der Waals surface area contributed by atoms with Crippen molar-refractivity contribution < 1.29 is 15.3 Å². The molecule has 0 aliphatic carbocycles. The maximum absolute atomic E-state index is 9.12. The van der Waals surface area contributed by atoms with Gasteiger partial charge in [0.2, 0.25) is 0 Å². The number of anilines is 1. The Morgan fingerprint density at radius 2 is 1.94 bits per heavy atom. The molecular weight excluding hydrogens is 210 g/mol. The van der Waals surface area contributed by atoms with Crippen LogP contribution in [0.1, 0.15) is 5.56 Å². The number of aliphatic hydroxyl groups excluding tert-OH is 3. The van der Waals surface area contributed by atoms with Crippen LogP contribution in [0.2, 0.25) is 0 Å². The Hall–Kier alpha value is -1.68. The van der Waals surface area contributed by atoms with Crippen molar-refractivity contribution in [3.8, 4) is 6.07 Å². The molecule has 0 radical (unpaired) electrons. The van der Waals surface area contributed by atoms with Gasteiger partial charge < -0.3 is 20.6 Å². The average Bonchev–Trinajstić information content (AvgIpc) is 2.36. The van der Waals surface area contributed by atoms with Crippen molar-refractivity contribution >= 4 is 5.69 Å². The van der Waals surface area contributed by atoms with Gasteiger partial charge in [-0.05, 0) is 6.07 Å². The second-order valence-electron chi connectivity index (χ2n) is 3.41. The summed E-state index contributed by atoms with van der Waals surface area (Å²) >= 11 is 0. The molecule has 0 bridgehead atoms. The van der Waals surface area contributed by atoms with Gasteiger partial charge in [-0.25, -0.2) is 0 Å². The number of nitrogens with one attached hydrogen (secondary N) is 1. The number of nitrogens with zero attached hydrogens (tertiary/aromatic N) is 2. The van der Waals surface area contributed by atoms with Gasteiger partial charge >= 0.3 is 0 Å². The Balaban J connectivity index is 2.99. The zero-order valence-corrected chi connectivity index (χ0v) is 8.59. The Morgan fingerprint density at radius 1 is 1.31 bits per heavy atom. The predicted octanol–water partition coefficient (Wildman–Crippen LogP) is -0.919. The van der Waals surface area contributed by atoms with E-state index in [2.05, 4.69) is 10.3 Å². The summed E-state index contributed by atoms with van der Waals surface area (Å²) in [5.74, 6) is 0. The van der Waals surface area contributed by atoms with Crippen LogP contribution >= 0.6 is 0 Å². The first-order valence-corrected chi connectivity index (χ1v) is 4.66. The van der Waals surface area contributed by atoms with Crippen LogP contribution in [-0.2, 0) is 0 Å². The molecule has 1 aromatic rings. The van der Waals surface area contributed by atoms with Crippen LogP contribution in [0.15, 0.2) is 18.5 Å². The molecule has 86 valence electrons. The zero-order chi connectivity index (χ0) is 12.0. The van der Waals surface area contributed by atoms with Gasteiger partial charge in [-0.15, -0.1) is 0 Å². The first-order valence-electron chi connectivity index (χ1n) is 4.66. The van der Waals surface area contributed by atoms with Crippen LogP contribution in [0.4, 0.5) is 5.69 Å². The summed E-state index contributed by atoms with van der Waals surface area (Å²) in [5, 5.41) is 38.9. The highest BCUT2D eigenvalue weighted by atomic mass is 16.3. The summed E-state index contributed by atoms with van der Waals surface area (Å²) in [7, 11) is 0. The Kier molecular flexibility index (Phi) is 4.19. The molecule has 0 amide bonds. The topological polar surface area (TPSA) is 109 Å². The van der Waals surface area contributed by atoms with Crippen LogP contribution in [-0.4, -0.2) is 45.7 Å². The van der Waals surface area contributed by atoms with E-state index in [1.54, 1.807) is 0 Å². The smallest absolute Gasteiger partial charge is 0.107 e. The fourth-order valence-electron chi connectivity index (χ4n) is 1.15. The van der Waals surface area contributed by atoms with E-state index >= 15 is 0 Å². The third-order valence-corrected chi connectivity index (χ3v) is 2.25. The second kappa shape index (κ2) is 5.42. The van der Waals surface area contributed by atoms with E-state index < -0.39 is 25.4 Å². The Morgan fingerprint density at radius 3 is 2.44 bits per heavy atom. The van der Waals surface area contributed by atoms with Crippen LogP contribution < -0.4 is 5.32 Å². The number of aromatic nitrogens is 1. The largest absolute Gasteiger partial charge is 0.394 e. The molecule has 6 heteroatoms. The number of nitriles is 1. The molecular formula is C10H13N3O3. The maximum atomic E-state index is 9.12. The normalized spacial score (nSPS) is 10.9. The number of pyridine rings is 1. The summed E-state index contributed by atoms with van der Waals surface area (Å²) in [6, 6.07) is 3.44. The highest BCUT2D eigenvalue weighted by Gasteiger charge is 2.28. The van der Waals surface area contributed by atoms with E-state index in [0.29, 0.717) is 11.3 Å². The lowest BCUT2D eigenvalue weighted by atomic mass is 10.0. The van der Waals surface area contributed by atoms with Crippen LogP contribution in [0.25, 0.3) is 0 Å². The summed E-state index contributed by atoms with van der Waals surface area (Å²) in [6.45, 7) is -1.38. The molecule has 6 nitrogen and oxygen atoms in total. The molecule has 0 aliphatic rings. The minimum absolute atomic E-state index is 0.328. The zero-order valence-electron chi connectivity index (χ0n) is 8.59. The lowest BCUT2D eigenvalue weighted by Crippen LogP contribution is -2.49. The standard InChI is InChI=1S/C10H13N3O3/c11-3-8-1-2-12-4-9(8)13-10(5-14,6-15)7-16/h1-2,4,13-16H,5-7H2. The van der Waals surface area contributed by atoms with Crippen molar-refractivity contribution in [2.75, 3.05) is 25.1 Å². The van der Waals surface area contributed by atoms with E-state index in [9.17, 15) is 0 Å². The maximum Gasteiger partial charge on any atom is 0.107 e. The van der Waals surface area contributed by atoms with Crippen molar-refractivity contribution in [3.05, 3.63) is 24.0 Å². The Bertz CT molecular complexity index is 377. The summed E-state index contributed by atoms with van der Waals surface area (Å²) < 4.78 is 0. The molecule has 0 spiro atoms. The summed E-state index contributed by atoms with van der Waals surface area (Å²) in [6.07, 6.45) is 2.86. The quantitative estimate of drug-likeness (QED) is 0.514. The van der Waals surface area contributed by atoms with Crippen molar-refractivity contribution in [2.45, 2.75) is 5.54 Å². The van der Waals surface area contributed by atoms with E-state index in [1.165, 1.54) is 18.5 Å². The van der Waals surface area contributed by atoms with Gasteiger partial charge in [0, 0.05) is 6.20 Å². The second-order valence-corrected chi connectivity index (χ2v) is 3.41. The molecule has 0 aromatic carbocycles. The van der Waals surface area contributed by atoms with Crippen LogP contribution in [0.5, 0.6) is 0 Å². The lowest BCUT2D eigenvalue weighted by molar-refractivity contribution is 0.0833. The van der Waals surface area contributed by atoms with Crippen molar-refractivity contribution in [3.63, 3.8) is 0 Å². The van der Waals surface area contributed by atoms with Crippen molar-refractivity contribution in [1.29, 1.82) is 5.26 Å². The minimum Gasteiger partial charge on any atom is -0.394 e. The molecule has 1 rings (SSSR count). The molecule has 4 N–H and O–H groups in total. The van der Waals surface area contributed by atoms with Gasteiger partial charge in [-0.2, -0.15) is 5.26 Å². The van der Waals surface area contributed by atoms with Crippen LogP contribution in [0, 0.1) is 11.3 Å². The average molecular weight is 223 g/mol. The van der Waals surface area contributed by atoms with Crippen molar-refractivity contribution in [2.24, 2.45) is 0 Å². The third-order valence-electron chi connectivity index (χ3n) is 2.25. The van der Waals surface area contributed by atoms with E-state index in [-0.39, 0.29) is 0 Å². The van der Waals surface area contributed by atoms with Gasteiger partial charge in [0.1, 0.15) is 11.6 Å². The fourth-order valence-corrected chi connectivity index (χ4v) is 1.15. The van der Waals surface area contributed by atoms with Gasteiger partial charge in [-0.1, -0.05) is 0 Å². The predicted molar refractivity (Wildman–Crippen MR) is 56.6 cm³/mol. The van der Waals surface area contributed by atoms with Gasteiger partial charge in [-0.3, -0.25) is 4.98 Å². The number of rotatable bonds is 5. The Labute approximate surface area is 92.8 Å². The number of aliphatic hydroxyl groups is 3. The van der Waals surface area contributed by atoms with Crippen molar-refractivity contribution in [1.82, 2.24) is 4.98 Å². The molecule has 16 heavy (non-hydrogen) atoms. The summed E-state index contributed by atoms with van der Waals surface area (Å²) in [5.41, 5.74) is -0.564. The molecule has 0 saturated heterocycles. The summed E-state index contributed by atoms with van der Waals surface area (Å²) in [4.78, 5) is 3.82. The van der Waals surface area contributed by atoms with E-state index in [1.807, 2.05) is 6.07 Å². The fraction of sp³-hybridized carbons (Fsp3) is 0.400. The van der Waals surface area contributed by atoms with Gasteiger partial charge in [0.15, 0.2) is 0 Å². The molecule has 0 atom stereocenters. The number of hydrogen-bond acceptors (Lipinski definition) is 6. The SMILES string of the molecule is N#Cc1ccncc1NC(CO)(CO)CO.